The van der Waals surface area contributed by atoms with Gasteiger partial charge in [0.1, 0.15) is 0 Å². The average Bonchev–Trinajstić information content (AvgIpc) is 2.45. The molecule has 1 aliphatic heterocycles. The molecular weight excluding hydrogens is 178 g/mol. The lowest BCUT2D eigenvalue weighted by atomic mass is 9.84. The Morgan fingerprint density at radius 1 is 1.57 bits per heavy atom. The Kier molecular flexibility index (Phi) is 3.56. The zero-order valence-corrected chi connectivity index (χ0v) is 9.80. The Bertz CT molecular complexity index is 194. The molecule has 1 heterocycles. The van der Waals surface area contributed by atoms with E-state index < -0.39 is 0 Å². The van der Waals surface area contributed by atoms with Crippen molar-refractivity contribution >= 4 is 0 Å². The van der Waals surface area contributed by atoms with E-state index in [4.69, 9.17) is 15.2 Å². The Balaban J connectivity index is 2.44. The van der Waals surface area contributed by atoms with Gasteiger partial charge in [-0.2, -0.15) is 0 Å². The van der Waals surface area contributed by atoms with E-state index in [1.54, 1.807) is 7.11 Å². The summed E-state index contributed by atoms with van der Waals surface area (Å²) in [5.74, 6) is 0. The van der Waals surface area contributed by atoms with Gasteiger partial charge in [-0.1, -0.05) is 0 Å². The SMILES string of the molecule is COC(C)(C)CCC1(N)CCOC1C. The predicted octanol–water partition coefficient (Wildman–Crippen LogP) is 1.70. The second-order valence-corrected chi connectivity index (χ2v) is 4.96. The molecule has 0 aliphatic carbocycles. The molecule has 14 heavy (non-hydrogen) atoms. The smallest absolute Gasteiger partial charge is 0.0727 e. The Morgan fingerprint density at radius 3 is 2.64 bits per heavy atom. The maximum atomic E-state index is 6.28. The molecule has 1 fully saturated rings. The van der Waals surface area contributed by atoms with Gasteiger partial charge < -0.3 is 15.2 Å². The number of rotatable bonds is 4. The largest absolute Gasteiger partial charge is 0.379 e. The molecule has 2 N–H and O–H groups in total. The van der Waals surface area contributed by atoms with Crippen LogP contribution < -0.4 is 5.73 Å². The highest BCUT2D eigenvalue weighted by Crippen LogP contribution is 2.30. The topological polar surface area (TPSA) is 44.5 Å². The van der Waals surface area contributed by atoms with E-state index >= 15 is 0 Å². The fraction of sp³-hybridized carbons (Fsp3) is 1.00. The molecule has 1 rings (SSSR count). The molecule has 3 nitrogen and oxygen atoms in total. The van der Waals surface area contributed by atoms with E-state index in [0.29, 0.717) is 0 Å². The van der Waals surface area contributed by atoms with Gasteiger partial charge in [0.2, 0.25) is 0 Å². The molecule has 0 aromatic carbocycles. The molecule has 0 saturated carbocycles. The van der Waals surface area contributed by atoms with Crippen LogP contribution in [0.25, 0.3) is 0 Å². The molecule has 1 saturated heterocycles. The van der Waals surface area contributed by atoms with Gasteiger partial charge in [-0.3, -0.25) is 0 Å². The number of methoxy groups -OCH3 is 1. The van der Waals surface area contributed by atoms with Crippen molar-refractivity contribution in [2.75, 3.05) is 13.7 Å². The van der Waals surface area contributed by atoms with Crippen LogP contribution in [0.1, 0.15) is 40.0 Å². The third-order valence-electron chi connectivity index (χ3n) is 3.49. The fourth-order valence-corrected chi connectivity index (χ4v) is 1.76. The van der Waals surface area contributed by atoms with Gasteiger partial charge in [0.05, 0.1) is 11.7 Å². The van der Waals surface area contributed by atoms with Crippen LogP contribution in [0.4, 0.5) is 0 Å². The monoisotopic (exact) mass is 201 g/mol. The van der Waals surface area contributed by atoms with Crippen LogP contribution in [-0.2, 0) is 9.47 Å². The maximum absolute atomic E-state index is 6.28. The summed E-state index contributed by atoms with van der Waals surface area (Å²) >= 11 is 0. The highest BCUT2D eigenvalue weighted by atomic mass is 16.5. The summed E-state index contributed by atoms with van der Waals surface area (Å²) in [5.41, 5.74) is 6.07. The van der Waals surface area contributed by atoms with Gasteiger partial charge in [0, 0.05) is 19.3 Å². The number of ether oxygens (including phenoxy) is 2. The normalized spacial score (nSPS) is 33.6. The second kappa shape index (κ2) is 4.17. The van der Waals surface area contributed by atoms with Gasteiger partial charge in [-0.05, 0) is 40.0 Å². The molecule has 0 spiro atoms. The average molecular weight is 201 g/mol. The van der Waals surface area contributed by atoms with Crippen LogP contribution >= 0.6 is 0 Å². The van der Waals surface area contributed by atoms with Crippen LogP contribution in [0.15, 0.2) is 0 Å². The van der Waals surface area contributed by atoms with Gasteiger partial charge in [-0.25, -0.2) is 0 Å². The van der Waals surface area contributed by atoms with E-state index in [1.807, 2.05) is 0 Å². The number of hydrogen-bond acceptors (Lipinski definition) is 3. The first kappa shape index (κ1) is 12.0. The van der Waals surface area contributed by atoms with Crippen LogP contribution in [0.3, 0.4) is 0 Å². The van der Waals surface area contributed by atoms with Gasteiger partial charge in [-0.15, -0.1) is 0 Å². The summed E-state index contributed by atoms with van der Waals surface area (Å²) in [6.07, 6.45) is 3.09. The zero-order chi connectivity index (χ0) is 10.8. The molecule has 0 aromatic heterocycles. The third kappa shape index (κ3) is 2.69. The van der Waals surface area contributed by atoms with Crippen LogP contribution in [0.5, 0.6) is 0 Å². The zero-order valence-electron chi connectivity index (χ0n) is 9.80. The summed E-state index contributed by atoms with van der Waals surface area (Å²) in [4.78, 5) is 0. The summed E-state index contributed by atoms with van der Waals surface area (Å²) in [6, 6.07) is 0. The molecule has 2 atom stereocenters. The summed E-state index contributed by atoms with van der Waals surface area (Å²) < 4.78 is 10.9. The number of hydrogen-bond donors (Lipinski definition) is 1. The van der Waals surface area contributed by atoms with Crippen molar-refractivity contribution in [2.24, 2.45) is 5.73 Å². The highest BCUT2D eigenvalue weighted by Gasteiger charge is 2.38. The van der Waals surface area contributed by atoms with E-state index in [-0.39, 0.29) is 17.2 Å². The van der Waals surface area contributed by atoms with Crippen LogP contribution in [0, 0.1) is 0 Å². The first-order valence-corrected chi connectivity index (χ1v) is 5.35. The molecule has 0 amide bonds. The third-order valence-corrected chi connectivity index (χ3v) is 3.49. The first-order chi connectivity index (χ1) is 6.40. The van der Waals surface area contributed by atoms with Crippen LogP contribution in [0.2, 0.25) is 0 Å². The molecule has 3 heteroatoms. The lowest BCUT2D eigenvalue weighted by Crippen LogP contribution is -2.47. The summed E-state index contributed by atoms with van der Waals surface area (Å²) in [7, 11) is 1.75. The van der Waals surface area contributed by atoms with Gasteiger partial charge in [0.15, 0.2) is 0 Å². The Labute approximate surface area is 86.9 Å². The molecule has 0 radical (unpaired) electrons. The standard InChI is InChI=1S/C11H23NO2/c1-9-11(12,7-8-14-9)6-5-10(2,3)13-4/h9H,5-8,12H2,1-4H3. The molecular formula is C11H23NO2. The van der Waals surface area contributed by atoms with E-state index in [0.717, 1.165) is 25.9 Å². The van der Waals surface area contributed by atoms with Gasteiger partial charge in [0.25, 0.3) is 0 Å². The quantitative estimate of drug-likeness (QED) is 0.753. The molecule has 0 bridgehead atoms. The lowest BCUT2D eigenvalue weighted by molar-refractivity contribution is 0.00433. The summed E-state index contributed by atoms with van der Waals surface area (Å²) in [5, 5.41) is 0. The van der Waals surface area contributed by atoms with Crippen molar-refractivity contribution < 1.29 is 9.47 Å². The minimum atomic E-state index is -0.143. The van der Waals surface area contributed by atoms with Crippen molar-refractivity contribution in [1.82, 2.24) is 0 Å². The van der Waals surface area contributed by atoms with Crippen molar-refractivity contribution in [3.05, 3.63) is 0 Å². The first-order valence-electron chi connectivity index (χ1n) is 5.35. The Morgan fingerprint density at radius 2 is 2.21 bits per heavy atom. The van der Waals surface area contributed by atoms with E-state index in [1.165, 1.54) is 0 Å². The Hall–Kier alpha value is -0.120. The minimum Gasteiger partial charge on any atom is -0.379 e. The van der Waals surface area contributed by atoms with Crippen molar-refractivity contribution in [2.45, 2.75) is 57.3 Å². The molecule has 0 aromatic rings. The summed E-state index contributed by atoms with van der Waals surface area (Å²) in [6.45, 7) is 7.05. The van der Waals surface area contributed by atoms with Crippen molar-refractivity contribution in [1.29, 1.82) is 0 Å². The second-order valence-electron chi connectivity index (χ2n) is 4.96. The maximum Gasteiger partial charge on any atom is 0.0727 e. The minimum absolute atomic E-state index is 0.0747. The van der Waals surface area contributed by atoms with Crippen LogP contribution in [-0.4, -0.2) is 31.0 Å². The molecule has 2 unspecified atom stereocenters. The number of nitrogens with two attached hydrogens (primary N) is 1. The molecule has 1 aliphatic rings. The highest BCUT2D eigenvalue weighted by molar-refractivity contribution is 4.95. The molecule has 84 valence electrons. The fourth-order valence-electron chi connectivity index (χ4n) is 1.76. The lowest BCUT2D eigenvalue weighted by Gasteiger charge is -2.32. The van der Waals surface area contributed by atoms with Crippen molar-refractivity contribution in [3.63, 3.8) is 0 Å². The van der Waals surface area contributed by atoms with E-state index in [9.17, 15) is 0 Å². The van der Waals surface area contributed by atoms with Crippen molar-refractivity contribution in [3.8, 4) is 0 Å². The predicted molar refractivity (Wildman–Crippen MR) is 57.3 cm³/mol. The van der Waals surface area contributed by atoms with E-state index in [2.05, 4.69) is 20.8 Å². The van der Waals surface area contributed by atoms with Gasteiger partial charge >= 0.3 is 0 Å².